The molecule has 2 aliphatic rings. The number of piperidine rings is 1. The van der Waals surface area contributed by atoms with Gasteiger partial charge in [-0.2, -0.15) is 0 Å². The molecule has 7 N–H and O–H groups in total. The Morgan fingerprint density at radius 1 is 1.04 bits per heavy atom. The quantitative estimate of drug-likeness (QED) is 0.220. The van der Waals surface area contributed by atoms with Crippen LogP contribution < -0.4 is 22.1 Å². The highest BCUT2D eigenvalue weighted by molar-refractivity contribution is 6.06. The van der Waals surface area contributed by atoms with Crippen LogP contribution in [-0.4, -0.2) is 41.8 Å². The molecule has 26 heavy (non-hydrogen) atoms. The third kappa shape index (κ3) is 6.05. The van der Waals surface area contributed by atoms with Crippen LogP contribution in [0.15, 0.2) is 23.2 Å². The standard InChI is InChI=1S/C19H34N6O/c1-13(20)12-17(19(26)23-14(2)21)18(22)25-10-8-16(9-11-25)24-15-6-4-3-5-7-15/h12,15-16,24H,3-11,20,22H2,1-2H3,(H2,21,23,26)/b13-12-,18-17-. The fourth-order valence-corrected chi connectivity index (χ4v) is 3.78. The molecule has 1 amide bonds. The third-order valence-electron chi connectivity index (χ3n) is 5.11. The number of amidine groups is 1. The van der Waals surface area contributed by atoms with E-state index in [9.17, 15) is 4.79 Å². The van der Waals surface area contributed by atoms with Crippen LogP contribution in [0.1, 0.15) is 58.8 Å². The zero-order valence-electron chi connectivity index (χ0n) is 16.1. The van der Waals surface area contributed by atoms with Gasteiger partial charge in [-0.1, -0.05) is 19.3 Å². The zero-order valence-corrected chi connectivity index (χ0v) is 16.1. The second kappa shape index (κ2) is 9.62. The first kappa shape index (κ1) is 20.3. The van der Waals surface area contributed by atoms with Gasteiger partial charge in [0, 0.05) is 30.9 Å². The Hall–Kier alpha value is -2.02. The van der Waals surface area contributed by atoms with Gasteiger partial charge < -0.3 is 27.0 Å². The van der Waals surface area contributed by atoms with E-state index < -0.39 is 0 Å². The number of nitrogens with zero attached hydrogens (tertiary/aromatic N) is 1. The van der Waals surface area contributed by atoms with Gasteiger partial charge >= 0.3 is 0 Å². The largest absolute Gasteiger partial charge is 0.402 e. The van der Waals surface area contributed by atoms with Crippen molar-refractivity contribution in [1.82, 2.24) is 15.5 Å². The number of nitrogens with two attached hydrogens (primary N) is 2. The van der Waals surface area contributed by atoms with E-state index in [0.29, 0.717) is 29.2 Å². The van der Waals surface area contributed by atoms with Crippen LogP contribution in [0.5, 0.6) is 0 Å². The SMILES string of the molecule is CC(=N)NC(=O)C(/C=C(/C)N)=C(/N)N1CCC(NC2CCCCC2)CC1. The van der Waals surface area contributed by atoms with E-state index in [0.717, 1.165) is 25.9 Å². The molecular formula is C19H34N6O. The first-order valence-electron chi connectivity index (χ1n) is 9.68. The molecule has 146 valence electrons. The fraction of sp³-hybridized carbons (Fsp3) is 0.684. The van der Waals surface area contributed by atoms with E-state index >= 15 is 0 Å². The van der Waals surface area contributed by atoms with E-state index in [2.05, 4.69) is 10.6 Å². The minimum Gasteiger partial charge on any atom is -0.402 e. The molecular weight excluding hydrogens is 328 g/mol. The summed E-state index contributed by atoms with van der Waals surface area (Å²) in [5.74, 6) is 0.130. The van der Waals surface area contributed by atoms with Gasteiger partial charge in [0.1, 0.15) is 5.82 Å². The zero-order chi connectivity index (χ0) is 19.1. The molecule has 0 unspecified atom stereocenters. The van der Waals surface area contributed by atoms with Crippen LogP contribution in [0.3, 0.4) is 0 Å². The van der Waals surface area contributed by atoms with Gasteiger partial charge in [-0.15, -0.1) is 0 Å². The van der Waals surface area contributed by atoms with Crippen molar-refractivity contribution in [2.45, 2.75) is 70.9 Å². The van der Waals surface area contributed by atoms with Gasteiger partial charge in [-0.05, 0) is 45.6 Å². The first-order chi connectivity index (χ1) is 12.4. The highest BCUT2D eigenvalue weighted by Crippen LogP contribution is 2.21. The molecule has 2 rings (SSSR count). The number of likely N-dealkylation sites (tertiary alicyclic amines) is 1. The summed E-state index contributed by atoms with van der Waals surface area (Å²) in [5.41, 5.74) is 12.9. The summed E-state index contributed by atoms with van der Waals surface area (Å²) >= 11 is 0. The van der Waals surface area contributed by atoms with Gasteiger partial charge in [0.05, 0.1) is 11.4 Å². The van der Waals surface area contributed by atoms with Crippen LogP contribution in [0, 0.1) is 5.41 Å². The van der Waals surface area contributed by atoms with E-state index in [1.54, 1.807) is 13.0 Å². The predicted molar refractivity (Wildman–Crippen MR) is 105 cm³/mol. The molecule has 2 fully saturated rings. The summed E-state index contributed by atoms with van der Waals surface area (Å²) in [6.07, 6.45) is 10.2. The summed E-state index contributed by atoms with van der Waals surface area (Å²) in [6, 6.07) is 1.18. The Labute approximate surface area is 156 Å². The van der Waals surface area contributed by atoms with Crippen molar-refractivity contribution in [2.24, 2.45) is 11.5 Å². The minimum absolute atomic E-state index is 0.0822. The van der Waals surface area contributed by atoms with E-state index in [-0.39, 0.29) is 11.7 Å². The predicted octanol–water partition coefficient (Wildman–Crippen LogP) is 1.52. The van der Waals surface area contributed by atoms with Crippen molar-refractivity contribution < 1.29 is 4.79 Å². The van der Waals surface area contributed by atoms with Gasteiger partial charge in [-0.3, -0.25) is 10.2 Å². The number of hydrogen-bond donors (Lipinski definition) is 5. The molecule has 0 bridgehead atoms. The number of amides is 1. The minimum atomic E-state index is -0.387. The Bertz CT molecular complexity index is 565. The molecule has 1 heterocycles. The lowest BCUT2D eigenvalue weighted by molar-refractivity contribution is -0.116. The number of hydrogen-bond acceptors (Lipinski definition) is 6. The molecule has 0 spiro atoms. The number of allylic oxidation sites excluding steroid dienone is 1. The molecule has 0 atom stereocenters. The average Bonchev–Trinajstić information content (AvgIpc) is 2.60. The smallest absolute Gasteiger partial charge is 0.260 e. The van der Waals surface area contributed by atoms with E-state index in [1.807, 2.05) is 4.90 Å². The van der Waals surface area contributed by atoms with Crippen LogP contribution in [0.2, 0.25) is 0 Å². The summed E-state index contributed by atoms with van der Waals surface area (Å²) in [4.78, 5) is 14.4. The summed E-state index contributed by atoms with van der Waals surface area (Å²) in [7, 11) is 0. The van der Waals surface area contributed by atoms with Crippen LogP contribution in [0.25, 0.3) is 0 Å². The molecule has 0 aromatic heterocycles. The van der Waals surface area contributed by atoms with Crippen molar-refractivity contribution in [3.05, 3.63) is 23.2 Å². The normalized spacial score (nSPS) is 21.3. The molecule has 0 radical (unpaired) electrons. The number of rotatable bonds is 5. The molecule has 7 heteroatoms. The Kier molecular flexibility index (Phi) is 7.50. The van der Waals surface area contributed by atoms with Crippen molar-refractivity contribution in [3.8, 4) is 0 Å². The fourth-order valence-electron chi connectivity index (χ4n) is 3.78. The number of nitrogens with one attached hydrogen (secondary N) is 3. The van der Waals surface area contributed by atoms with E-state index in [1.165, 1.54) is 39.0 Å². The highest BCUT2D eigenvalue weighted by Gasteiger charge is 2.25. The van der Waals surface area contributed by atoms with Gasteiger partial charge in [-0.25, -0.2) is 0 Å². The Balaban J connectivity index is 1.99. The summed E-state index contributed by atoms with van der Waals surface area (Å²) in [5, 5.41) is 13.8. The van der Waals surface area contributed by atoms with Crippen molar-refractivity contribution in [3.63, 3.8) is 0 Å². The van der Waals surface area contributed by atoms with Gasteiger partial charge in [0.15, 0.2) is 0 Å². The average molecular weight is 363 g/mol. The molecule has 0 aromatic rings. The van der Waals surface area contributed by atoms with Crippen LogP contribution >= 0.6 is 0 Å². The molecule has 1 aliphatic heterocycles. The lowest BCUT2D eigenvalue weighted by Gasteiger charge is -2.37. The van der Waals surface area contributed by atoms with Crippen molar-refractivity contribution in [1.29, 1.82) is 5.41 Å². The number of carbonyl (C=O) groups excluding carboxylic acids is 1. The van der Waals surface area contributed by atoms with Gasteiger partial charge in [0.25, 0.3) is 5.91 Å². The maximum Gasteiger partial charge on any atom is 0.260 e. The lowest BCUT2D eigenvalue weighted by Crippen LogP contribution is -2.47. The first-order valence-corrected chi connectivity index (χ1v) is 9.68. The molecule has 7 nitrogen and oxygen atoms in total. The maximum absolute atomic E-state index is 12.4. The lowest BCUT2D eigenvalue weighted by atomic mass is 9.93. The second-order valence-corrected chi connectivity index (χ2v) is 7.53. The molecule has 1 aliphatic carbocycles. The summed E-state index contributed by atoms with van der Waals surface area (Å²) in [6.45, 7) is 4.87. The maximum atomic E-state index is 12.4. The second-order valence-electron chi connectivity index (χ2n) is 7.53. The Morgan fingerprint density at radius 2 is 1.62 bits per heavy atom. The van der Waals surface area contributed by atoms with Crippen LogP contribution in [0.4, 0.5) is 0 Å². The Morgan fingerprint density at radius 3 is 2.15 bits per heavy atom. The van der Waals surface area contributed by atoms with E-state index in [4.69, 9.17) is 16.9 Å². The number of carbonyl (C=O) groups is 1. The summed E-state index contributed by atoms with van der Waals surface area (Å²) < 4.78 is 0. The monoisotopic (exact) mass is 362 g/mol. The molecule has 0 aromatic carbocycles. The third-order valence-corrected chi connectivity index (χ3v) is 5.11. The topological polar surface area (TPSA) is 120 Å². The van der Waals surface area contributed by atoms with Crippen molar-refractivity contribution in [2.75, 3.05) is 13.1 Å². The molecule has 1 saturated carbocycles. The van der Waals surface area contributed by atoms with Crippen molar-refractivity contribution >= 4 is 11.7 Å². The van der Waals surface area contributed by atoms with Crippen LogP contribution in [-0.2, 0) is 4.79 Å². The van der Waals surface area contributed by atoms with Gasteiger partial charge in [0.2, 0.25) is 0 Å². The highest BCUT2D eigenvalue weighted by atomic mass is 16.1. The molecule has 1 saturated heterocycles.